The average molecular weight is 268 g/mol. The molecule has 0 saturated carbocycles. The largest absolute Gasteiger partial charge is 0.285 e. The lowest BCUT2D eigenvalue weighted by atomic mass is 9.91. The van der Waals surface area contributed by atoms with E-state index in [1.807, 2.05) is 12.4 Å². The van der Waals surface area contributed by atoms with Gasteiger partial charge in [-0.05, 0) is 37.9 Å². The van der Waals surface area contributed by atoms with Crippen molar-refractivity contribution in [3.63, 3.8) is 0 Å². The molecule has 0 bridgehead atoms. The van der Waals surface area contributed by atoms with Gasteiger partial charge in [-0.25, -0.2) is 0 Å². The first-order valence-electron chi connectivity index (χ1n) is 7.07. The van der Waals surface area contributed by atoms with Gasteiger partial charge in [0.1, 0.15) is 0 Å². The standard InChI is InChI=1S/C19H12N2/c1-2-12-4-5-14-6-8-16(15-10-20-21-11-15)17-9-7-13(3-1)18(12)19(14)17/h1-11H,(H,20,21). The first-order valence-corrected chi connectivity index (χ1v) is 7.07. The molecule has 1 N–H and O–H groups in total. The fourth-order valence-electron chi connectivity index (χ4n) is 3.39. The minimum atomic E-state index is 1.13. The maximum atomic E-state index is 4.08. The highest BCUT2D eigenvalue weighted by Gasteiger charge is 2.11. The summed E-state index contributed by atoms with van der Waals surface area (Å²) in [5.74, 6) is 0. The predicted octanol–water partition coefficient (Wildman–Crippen LogP) is 4.97. The van der Waals surface area contributed by atoms with E-state index in [2.05, 4.69) is 64.8 Å². The zero-order valence-electron chi connectivity index (χ0n) is 11.3. The van der Waals surface area contributed by atoms with Crippen LogP contribution in [0.3, 0.4) is 0 Å². The number of benzene rings is 4. The Morgan fingerprint density at radius 2 is 1.43 bits per heavy atom. The molecule has 21 heavy (non-hydrogen) atoms. The summed E-state index contributed by atoms with van der Waals surface area (Å²) in [4.78, 5) is 0. The van der Waals surface area contributed by atoms with E-state index in [1.54, 1.807) is 0 Å². The fraction of sp³-hybridized carbons (Fsp3) is 0. The van der Waals surface area contributed by atoms with Crippen LogP contribution in [0.4, 0.5) is 0 Å². The lowest BCUT2D eigenvalue weighted by Gasteiger charge is -2.13. The Labute approximate surface area is 121 Å². The third-order valence-corrected chi connectivity index (χ3v) is 4.34. The number of nitrogens with zero attached hydrogens (tertiary/aromatic N) is 1. The van der Waals surface area contributed by atoms with Gasteiger partial charge in [-0.1, -0.05) is 54.6 Å². The molecular formula is C19H12N2. The molecule has 4 aromatic carbocycles. The molecule has 0 amide bonds. The second-order valence-corrected chi connectivity index (χ2v) is 5.46. The Balaban J connectivity index is 2.07. The summed E-state index contributed by atoms with van der Waals surface area (Å²) in [5, 5.41) is 14.9. The van der Waals surface area contributed by atoms with E-state index in [1.165, 1.54) is 37.9 Å². The Hall–Kier alpha value is -2.87. The van der Waals surface area contributed by atoms with E-state index in [0.29, 0.717) is 0 Å². The number of hydrogen-bond donors (Lipinski definition) is 1. The summed E-state index contributed by atoms with van der Waals surface area (Å²) in [7, 11) is 0. The molecular weight excluding hydrogens is 256 g/mol. The van der Waals surface area contributed by atoms with E-state index in [4.69, 9.17) is 0 Å². The summed E-state index contributed by atoms with van der Waals surface area (Å²) in [6.45, 7) is 0. The van der Waals surface area contributed by atoms with Gasteiger partial charge in [0.05, 0.1) is 6.20 Å². The summed E-state index contributed by atoms with van der Waals surface area (Å²) >= 11 is 0. The SMILES string of the molecule is c1cc2ccc3ccc(-c4cn[nH]c4)c4ccc(c1)c2c34. The minimum absolute atomic E-state index is 1.13. The van der Waals surface area contributed by atoms with Crippen molar-refractivity contribution in [1.82, 2.24) is 10.2 Å². The maximum Gasteiger partial charge on any atom is 0.0565 e. The number of hydrogen-bond acceptors (Lipinski definition) is 1. The molecule has 0 aliphatic carbocycles. The Morgan fingerprint density at radius 1 is 0.714 bits per heavy atom. The number of aromatic amines is 1. The molecule has 0 unspecified atom stereocenters. The topological polar surface area (TPSA) is 28.7 Å². The van der Waals surface area contributed by atoms with Crippen LogP contribution in [0.2, 0.25) is 0 Å². The quantitative estimate of drug-likeness (QED) is 0.427. The third kappa shape index (κ3) is 1.39. The van der Waals surface area contributed by atoms with Crippen LogP contribution in [0.1, 0.15) is 0 Å². The van der Waals surface area contributed by atoms with Gasteiger partial charge in [0.2, 0.25) is 0 Å². The fourth-order valence-corrected chi connectivity index (χ4v) is 3.39. The van der Waals surface area contributed by atoms with E-state index in [-0.39, 0.29) is 0 Å². The smallest absolute Gasteiger partial charge is 0.0565 e. The van der Waals surface area contributed by atoms with Crippen molar-refractivity contribution in [2.45, 2.75) is 0 Å². The average Bonchev–Trinajstić information content (AvgIpc) is 3.07. The molecule has 0 aliphatic rings. The van der Waals surface area contributed by atoms with Gasteiger partial charge in [-0.3, -0.25) is 5.10 Å². The van der Waals surface area contributed by atoms with Crippen LogP contribution in [0, 0.1) is 0 Å². The van der Waals surface area contributed by atoms with Crippen LogP contribution in [-0.2, 0) is 0 Å². The predicted molar refractivity (Wildman–Crippen MR) is 87.7 cm³/mol. The molecule has 2 heteroatoms. The van der Waals surface area contributed by atoms with E-state index < -0.39 is 0 Å². The number of nitrogens with one attached hydrogen (secondary N) is 1. The van der Waals surface area contributed by atoms with Crippen molar-refractivity contribution in [3.8, 4) is 11.1 Å². The van der Waals surface area contributed by atoms with Crippen LogP contribution < -0.4 is 0 Å². The van der Waals surface area contributed by atoms with Gasteiger partial charge in [0.15, 0.2) is 0 Å². The molecule has 1 aromatic heterocycles. The van der Waals surface area contributed by atoms with Gasteiger partial charge in [-0.15, -0.1) is 0 Å². The van der Waals surface area contributed by atoms with Crippen molar-refractivity contribution in [2.24, 2.45) is 0 Å². The first kappa shape index (κ1) is 10.9. The number of rotatable bonds is 1. The highest BCUT2D eigenvalue weighted by atomic mass is 15.1. The van der Waals surface area contributed by atoms with Crippen molar-refractivity contribution >= 4 is 32.3 Å². The van der Waals surface area contributed by atoms with E-state index in [9.17, 15) is 0 Å². The molecule has 0 fully saturated rings. The molecule has 0 saturated heterocycles. The second-order valence-electron chi connectivity index (χ2n) is 5.46. The van der Waals surface area contributed by atoms with Gasteiger partial charge in [0.25, 0.3) is 0 Å². The van der Waals surface area contributed by atoms with Crippen molar-refractivity contribution < 1.29 is 0 Å². The molecule has 0 spiro atoms. The highest BCUT2D eigenvalue weighted by molar-refractivity contribution is 6.25. The number of aromatic nitrogens is 2. The zero-order valence-corrected chi connectivity index (χ0v) is 11.3. The van der Waals surface area contributed by atoms with Crippen LogP contribution >= 0.6 is 0 Å². The highest BCUT2D eigenvalue weighted by Crippen LogP contribution is 2.38. The molecule has 0 radical (unpaired) electrons. The third-order valence-electron chi connectivity index (χ3n) is 4.34. The van der Waals surface area contributed by atoms with Crippen molar-refractivity contribution in [2.75, 3.05) is 0 Å². The second kappa shape index (κ2) is 3.83. The lowest BCUT2D eigenvalue weighted by Crippen LogP contribution is -1.86. The Bertz CT molecular complexity index is 1060. The minimum Gasteiger partial charge on any atom is -0.285 e. The van der Waals surface area contributed by atoms with Gasteiger partial charge >= 0.3 is 0 Å². The van der Waals surface area contributed by atoms with Gasteiger partial charge in [-0.2, -0.15) is 5.10 Å². The summed E-state index contributed by atoms with van der Waals surface area (Å²) in [6, 6.07) is 19.8. The first-order chi connectivity index (χ1) is 10.4. The van der Waals surface area contributed by atoms with Crippen molar-refractivity contribution in [3.05, 3.63) is 67.0 Å². The summed E-state index contributed by atoms with van der Waals surface area (Å²) in [6.07, 6.45) is 3.83. The lowest BCUT2D eigenvalue weighted by molar-refractivity contribution is 1.09. The molecule has 1 heterocycles. The maximum absolute atomic E-state index is 4.08. The Kier molecular flexibility index (Phi) is 1.98. The zero-order chi connectivity index (χ0) is 13.8. The van der Waals surface area contributed by atoms with Crippen molar-refractivity contribution in [1.29, 1.82) is 0 Å². The molecule has 98 valence electrons. The molecule has 2 nitrogen and oxygen atoms in total. The van der Waals surface area contributed by atoms with E-state index in [0.717, 1.165) is 5.56 Å². The normalized spacial score (nSPS) is 11.8. The van der Waals surface area contributed by atoms with Gasteiger partial charge < -0.3 is 0 Å². The van der Waals surface area contributed by atoms with Crippen LogP contribution in [0.5, 0.6) is 0 Å². The van der Waals surface area contributed by atoms with E-state index >= 15 is 0 Å². The molecule has 0 aliphatic heterocycles. The molecule has 5 rings (SSSR count). The van der Waals surface area contributed by atoms with Gasteiger partial charge in [0, 0.05) is 11.8 Å². The molecule has 5 aromatic rings. The van der Waals surface area contributed by atoms with Crippen LogP contribution in [0.15, 0.2) is 67.0 Å². The number of H-pyrrole nitrogens is 1. The summed E-state index contributed by atoms with van der Waals surface area (Å²) < 4.78 is 0. The molecule has 0 atom stereocenters. The monoisotopic (exact) mass is 268 g/mol. The Morgan fingerprint density at radius 3 is 2.19 bits per heavy atom. The van der Waals surface area contributed by atoms with Crippen LogP contribution in [-0.4, -0.2) is 10.2 Å². The summed E-state index contributed by atoms with van der Waals surface area (Å²) in [5.41, 5.74) is 2.36. The van der Waals surface area contributed by atoms with Crippen LogP contribution in [0.25, 0.3) is 43.4 Å².